The van der Waals surface area contributed by atoms with Crippen molar-refractivity contribution in [2.45, 2.75) is 12.9 Å². The number of fused-ring (bicyclic) bond motifs is 1. The van der Waals surface area contributed by atoms with E-state index in [9.17, 15) is 13.2 Å². The minimum atomic E-state index is -3.79. The van der Waals surface area contributed by atoms with E-state index in [2.05, 4.69) is 9.47 Å². The zero-order valence-corrected chi connectivity index (χ0v) is 6.76. The minimum Gasteiger partial charge on any atom is -0.395 e. The van der Waals surface area contributed by atoms with Crippen LogP contribution >= 0.6 is 0 Å². The van der Waals surface area contributed by atoms with Gasteiger partial charge in [0.2, 0.25) is 0 Å². The normalized spacial score (nSPS) is 17.1. The summed E-state index contributed by atoms with van der Waals surface area (Å²) in [5, 5.41) is 8.75. The van der Waals surface area contributed by atoms with Gasteiger partial charge in [0.15, 0.2) is 11.5 Å². The average Bonchev–Trinajstić information content (AvgIpc) is 2.37. The number of aliphatic hydroxyl groups excluding tert-OH is 1. The first-order valence-corrected chi connectivity index (χ1v) is 3.71. The van der Waals surface area contributed by atoms with E-state index in [-0.39, 0.29) is 11.3 Å². The molecule has 0 radical (unpaired) electrons. The Hall–Kier alpha value is -1.43. The minimum absolute atomic E-state index is 0.0721. The fourth-order valence-corrected chi connectivity index (χ4v) is 1.20. The van der Waals surface area contributed by atoms with Crippen LogP contribution in [0.3, 0.4) is 0 Å². The first-order valence-electron chi connectivity index (χ1n) is 3.71. The lowest BCUT2D eigenvalue weighted by molar-refractivity contribution is -0.287. The summed E-state index contributed by atoms with van der Waals surface area (Å²) in [6.07, 6.45) is -3.79. The largest absolute Gasteiger partial charge is 0.586 e. The van der Waals surface area contributed by atoms with Crippen LogP contribution in [0.15, 0.2) is 12.1 Å². The second-order valence-electron chi connectivity index (χ2n) is 2.72. The highest BCUT2D eigenvalue weighted by Crippen LogP contribution is 2.43. The van der Waals surface area contributed by atoms with Gasteiger partial charge in [0.05, 0.1) is 6.61 Å². The molecular weight excluding hydrogens is 201 g/mol. The van der Waals surface area contributed by atoms with Gasteiger partial charge in [-0.2, -0.15) is 0 Å². The molecule has 1 aliphatic rings. The van der Waals surface area contributed by atoms with Crippen LogP contribution in [-0.2, 0) is 6.61 Å². The SMILES string of the molecule is OCc1cc(F)cc2c1OC(F)(F)O2. The molecule has 0 unspecified atom stereocenters. The van der Waals surface area contributed by atoms with Crippen molar-refractivity contribution in [3.05, 3.63) is 23.5 Å². The van der Waals surface area contributed by atoms with Gasteiger partial charge in [-0.15, -0.1) is 8.78 Å². The number of benzene rings is 1. The Morgan fingerprint density at radius 2 is 2.00 bits per heavy atom. The number of aliphatic hydroxyl groups is 1. The maximum absolute atomic E-state index is 12.8. The predicted octanol–water partition coefficient (Wildman–Crippen LogP) is 1.64. The van der Waals surface area contributed by atoms with Crippen molar-refractivity contribution < 1.29 is 27.8 Å². The molecule has 14 heavy (non-hydrogen) atoms. The Kier molecular flexibility index (Phi) is 1.81. The second kappa shape index (κ2) is 2.78. The van der Waals surface area contributed by atoms with Gasteiger partial charge in [-0.05, 0) is 6.07 Å². The molecule has 0 atom stereocenters. The first-order chi connectivity index (χ1) is 6.52. The topological polar surface area (TPSA) is 38.7 Å². The van der Waals surface area contributed by atoms with Gasteiger partial charge in [-0.25, -0.2) is 4.39 Å². The van der Waals surface area contributed by atoms with Gasteiger partial charge < -0.3 is 14.6 Å². The number of alkyl halides is 2. The molecule has 1 aliphatic heterocycles. The van der Waals surface area contributed by atoms with E-state index in [1.807, 2.05) is 0 Å². The molecule has 6 heteroatoms. The van der Waals surface area contributed by atoms with Crippen molar-refractivity contribution in [2.75, 3.05) is 0 Å². The van der Waals surface area contributed by atoms with E-state index < -0.39 is 24.5 Å². The van der Waals surface area contributed by atoms with Crippen LogP contribution in [0.5, 0.6) is 11.5 Å². The van der Waals surface area contributed by atoms with Crippen molar-refractivity contribution in [1.82, 2.24) is 0 Å². The van der Waals surface area contributed by atoms with Crippen molar-refractivity contribution in [1.29, 1.82) is 0 Å². The first kappa shape index (κ1) is 9.14. The lowest BCUT2D eigenvalue weighted by Gasteiger charge is -2.05. The Balaban J connectivity index is 2.50. The second-order valence-corrected chi connectivity index (χ2v) is 2.72. The third-order valence-electron chi connectivity index (χ3n) is 1.72. The number of hydrogen-bond acceptors (Lipinski definition) is 3. The van der Waals surface area contributed by atoms with Crippen LogP contribution in [0.2, 0.25) is 0 Å². The zero-order chi connectivity index (χ0) is 10.3. The third kappa shape index (κ3) is 1.37. The van der Waals surface area contributed by atoms with Crippen LogP contribution in [0.25, 0.3) is 0 Å². The summed E-state index contributed by atoms with van der Waals surface area (Å²) >= 11 is 0. The Morgan fingerprint density at radius 3 is 2.64 bits per heavy atom. The molecule has 76 valence electrons. The summed E-state index contributed by atoms with van der Waals surface area (Å²) in [6.45, 7) is -0.598. The van der Waals surface area contributed by atoms with E-state index in [0.29, 0.717) is 0 Å². The van der Waals surface area contributed by atoms with Gasteiger partial charge in [-0.3, -0.25) is 0 Å². The van der Waals surface area contributed by atoms with Gasteiger partial charge in [0.1, 0.15) is 5.82 Å². The Morgan fingerprint density at radius 1 is 1.29 bits per heavy atom. The summed E-state index contributed by atoms with van der Waals surface area (Å²) in [6, 6.07) is 1.68. The lowest BCUT2D eigenvalue weighted by atomic mass is 10.2. The fraction of sp³-hybridized carbons (Fsp3) is 0.250. The highest BCUT2D eigenvalue weighted by Gasteiger charge is 2.44. The Labute approximate surface area is 76.7 Å². The molecule has 1 heterocycles. The summed E-state index contributed by atoms with van der Waals surface area (Å²) < 4.78 is 45.9. The molecule has 1 N–H and O–H groups in total. The smallest absolute Gasteiger partial charge is 0.395 e. The fourth-order valence-electron chi connectivity index (χ4n) is 1.20. The van der Waals surface area contributed by atoms with Crippen molar-refractivity contribution in [3.63, 3.8) is 0 Å². The van der Waals surface area contributed by atoms with Gasteiger partial charge in [0, 0.05) is 11.6 Å². The molecule has 0 aromatic heterocycles. The third-order valence-corrected chi connectivity index (χ3v) is 1.72. The highest BCUT2D eigenvalue weighted by molar-refractivity contribution is 5.48. The highest BCUT2D eigenvalue weighted by atomic mass is 19.3. The van der Waals surface area contributed by atoms with E-state index in [1.54, 1.807) is 0 Å². The molecule has 2 rings (SSSR count). The molecule has 0 fully saturated rings. The van der Waals surface area contributed by atoms with Crippen LogP contribution in [0, 0.1) is 5.82 Å². The quantitative estimate of drug-likeness (QED) is 0.759. The van der Waals surface area contributed by atoms with Crippen molar-refractivity contribution in [2.24, 2.45) is 0 Å². The summed E-state index contributed by atoms with van der Waals surface area (Å²) in [7, 11) is 0. The van der Waals surface area contributed by atoms with Crippen molar-refractivity contribution >= 4 is 0 Å². The molecule has 0 bridgehead atoms. The average molecular weight is 206 g/mol. The molecule has 0 amide bonds. The molecule has 0 saturated heterocycles. The van der Waals surface area contributed by atoms with E-state index in [0.717, 1.165) is 12.1 Å². The predicted molar refractivity (Wildman–Crippen MR) is 38.5 cm³/mol. The molecule has 1 aromatic rings. The summed E-state index contributed by atoms with van der Waals surface area (Å²) in [5.41, 5.74) is -0.0721. The molecular formula is C8H5F3O3. The van der Waals surface area contributed by atoms with Gasteiger partial charge in [0.25, 0.3) is 0 Å². The summed E-state index contributed by atoms with van der Waals surface area (Å²) in [5.74, 6) is -1.49. The number of hydrogen-bond donors (Lipinski definition) is 1. The molecule has 1 aromatic carbocycles. The van der Waals surface area contributed by atoms with E-state index >= 15 is 0 Å². The molecule has 0 aliphatic carbocycles. The van der Waals surface area contributed by atoms with Crippen molar-refractivity contribution in [3.8, 4) is 11.5 Å². The lowest BCUT2D eigenvalue weighted by Crippen LogP contribution is -2.26. The van der Waals surface area contributed by atoms with Gasteiger partial charge in [-0.1, -0.05) is 0 Å². The molecule has 0 spiro atoms. The van der Waals surface area contributed by atoms with E-state index in [4.69, 9.17) is 5.11 Å². The number of ether oxygens (including phenoxy) is 2. The van der Waals surface area contributed by atoms with Gasteiger partial charge >= 0.3 is 6.29 Å². The molecule has 0 saturated carbocycles. The number of halogens is 3. The Bertz CT molecular complexity index is 378. The maximum atomic E-state index is 12.8. The standard InChI is InChI=1S/C8H5F3O3/c9-5-1-4(3-12)7-6(2-5)13-8(10,11)14-7/h1-2,12H,3H2. The number of rotatable bonds is 1. The summed E-state index contributed by atoms with van der Waals surface area (Å²) in [4.78, 5) is 0. The zero-order valence-electron chi connectivity index (χ0n) is 6.76. The van der Waals surface area contributed by atoms with E-state index in [1.165, 1.54) is 0 Å². The monoisotopic (exact) mass is 206 g/mol. The van der Waals surface area contributed by atoms with Crippen LogP contribution in [-0.4, -0.2) is 11.4 Å². The maximum Gasteiger partial charge on any atom is 0.586 e. The van der Waals surface area contributed by atoms with Crippen LogP contribution in [0.4, 0.5) is 13.2 Å². The van der Waals surface area contributed by atoms with Crippen LogP contribution in [0.1, 0.15) is 5.56 Å². The van der Waals surface area contributed by atoms with Crippen LogP contribution < -0.4 is 9.47 Å². The molecule has 3 nitrogen and oxygen atoms in total.